The molecule has 1 N–H and O–H groups in total. The van der Waals surface area contributed by atoms with Crippen molar-refractivity contribution in [1.29, 1.82) is 0 Å². The lowest BCUT2D eigenvalue weighted by Crippen LogP contribution is -2.21. The van der Waals surface area contributed by atoms with Crippen LogP contribution >= 0.6 is 11.3 Å². The highest BCUT2D eigenvalue weighted by Gasteiger charge is 2.12. The number of nitrogens with one attached hydrogen (secondary N) is 1. The van der Waals surface area contributed by atoms with Crippen LogP contribution in [0.15, 0.2) is 16.7 Å². The third-order valence-electron chi connectivity index (χ3n) is 3.06. The van der Waals surface area contributed by atoms with Crippen molar-refractivity contribution in [2.45, 2.75) is 40.0 Å². The van der Waals surface area contributed by atoms with Gasteiger partial charge in [-0.2, -0.15) is 0 Å². The minimum Gasteiger partial charge on any atom is -0.469 e. The molecule has 2 aromatic heterocycles. The second kappa shape index (κ2) is 7.55. The number of rotatable bonds is 8. The predicted molar refractivity (Wildman–Crippen MR) is 83.0 cm³/mol. The van der Waals surface area contributed by atoms with Crippen molar-refractivity contribution in [2.75, 3.05) is 13.1 Å². The van der Waals surface area contributed by atoms with Crippen molar-refractivity contribution in [3.05, 3.63) is 23.1 Å². The summed E-state index contributed by atoms with van der Waals surface area (Å²) in [6.45, 7) is 8.65. The number of aromatic nitrogens is 2. The van der Waals surface area contributed by atoms with Gasteiger partial charge < -0.3 is 9.73 Å². The summed E-state index contributed by atoms with van der Waals surface area (Å²) in [5.41, 5.74) is 1.09. The lowest BCUT2D eigenvalue weighted by Gasteiger charge is -2.05. The maximum Gasteiger partial charge on any atom is 0.151 e. The van der Waals surface area contributed by atoms with E-state index in [-0.39, 0.29) is 0 Å². The zero-order valence-corrected chi connectivity index (χ0v) is 13.3. The third-order valence-corrected chi connectivity index (χ3v) is 4.08. The van der Waals surface area contributed by atoms with E-state index in [1.165, 1.54) is 0 Å². The topological polar surface area (TPSA) is 51.0 Å². The summed E-state index contributed by atoms with van der Waals surface area (Å²) < 4.78 is 5.44. The van der Waals surface area contributed by atoms with Crippen LogP contribution in [0.5, 0.6) is 0 Å². The Balaban J connectivity index is 1.83. The highest BCUT2D eigenvalue weighted by atomic mass is 32.1. The zero-order valence-electron chi connectivity index (χ0n) is 12.5. The predicted octanol–water partition coefficient (Wildman–Crippen LogP) is 3.54. The van der Waals surface area contributed by atoms with E-state index >= 15 is 0 Å². The fraction of sp³-hybridized carbons (Fsp3) is 0.600. The van der Waals surface area contributed by atoms with Gasteiger partial charge in [0.05, 0.1) is 11.8 Å². The number of aryl methyl sites for hydroxylation is 2. The van der Waals surface area contributed by atoms with Gasteiger partial charge in [-0.05, 0) is 31.5 Å². The van der Waals surface area contributed by atoms with E-state index < -0.39 is 0 Å². The van der Waals surface area contributed by atoms with Crippen LogP contribution in [-0.4, -0.2) is 23.3 Å². The van der Waals surface area contributed by atoms with Crippen molar-refractivity contribution >= 4 is 11.3 Å². The van der Waals surface area contributed by atoms with Gasteiger partial charge in [0, 0.05) is 12.8 Å². The van der Waals surface area contributed by atoms with Crippen molar-refractivity contribution in [2.24, 2.45) is 5.92 Å². The third kappa shape index (κ3) is 4.15. The lowest BCUT2D eigenvalue weighted by atomic mass is 10.2. The number of nitrogens with zero attached hydrogens (tertiary/aromatic N) is 2. The summed E-state index contributed by atoms with van der Waals surface area (Å²) in [5, 5.41) is 14.1. The fourth-order valence-corrected chi connectivity index (χ4v) is 2.95. The van der Waals surface area contributed by atoms with Gasteiger partial charge in [-0.15, -0.1) is 10.2 Å². The first-order valence-electron chi connectivity index (χ1n) is 7.30. The molecular formula is C15H23N3OS. The minimum absolute atomic E-state index is 0.705. The molecule has 0 fully saturated rings. The molecule has 0 aliphatic heterocycles. The molecule has 2 aromatic rings. The molecule has 2 rings (SSSR count). The van der Waals surface area contributed by atoms with Crippen LogP contribution < -0.4 is 5.32 Å². The zero-order chi connectivity index (χ0) is 14.4. The first-order valence-corrected chi connectivity index (χ1v) is 8.12. The molecule has 20 heavy (non-hydrogen) atoms. The minimum atomic E-state index is 0.705. The summed E-state index contributed by atoms with van der Waals surface area (Å²) in [6.07, 6.45) is 4.71. The van der Waals surface area contributed by atoms with Crippen LogP contribution in [0.4, 0.5) is 0 Å². The molecule has 0 aliphatic rings. The molecule has 5 heteroatoms. The number of furan rings is 1. The molecule has 0 saturated carbocycles. The molecule has 0 aliphatic carbocycles. The Kier molecular flexibility index (Phi) is 5.73. The molecular weight excluding hydrogens is 270 g/mol. The Morgan fingerprint density at radius 3 is 2.95 bits per heavy atom. The molecule has 0 aromatic carbocycles. The van der Waals surface area contributed by atoms with Gasteiger partial charge in [-0.25, -0.2) is 0 Å². The second-order valence-electron chi connectivity index (χ2n) is 5.31. The van der Waals surface area contributed by atoms with E-state index in [0.717, 1.165) is 53.7 Å². The van der Waals surface area contributed by atoms with Gasteiger partial charge in [-0.3, -0.25) is 0 Å². The summed E-state index contributed by atoms with van der Waals surface area (Å²) >= 11 is 1.67. The molecule has 0 amide bonds. The molecule has 110 valence electrons. The quantitative estimate of drug-likeness (QED) is 0.756. The molecule has 0 radical (unpaired) electrons. The highest BCUT2D eigenvalue weighted by Crippen LogP contribution is 2.28. The summed E-state index contributed by atoms with van der Waals surface area (Å²) in [6, 6.07) is 1.98. The molecule has 0 bridgehead atoms. The summed E-state index contributed by atoms with van der Waals surface area (Å²) in [5.74, 6) is 1.70. The monoisotopic (exact) mass is 293 g/mol. The van der Waals surface area contributed by atoms with Gasteiger partial charge in [0.2, 0.25) is 0 Å². The van der Waals surface area contributed by atoms with Crippen LogP contribution in [0.2, 0.25) is 0 Å². The Labute approximate surface area is 124 Å². The highest BCUT2D eigenvalue weighted by molar-refractivity contribution is 7.14. The van der Waals surface area contributed by atoms with E-state index in [9.17, 15) is 0 Å². The summed E-state index contributed by atoms with van der Waals surface area (Å²) in [4.78, 5) is 0. The van der Waals surface area contributed by atoms with Crippen molar-refractivity contribution in [1.82, 2.24) is 15.5 Å². The van der Waals surface area contributed by atoms with E-state index in [0.29, 0.717) is 5.92 Å². The smallest absolute Gasteiger partial charge is 0.151 e. The van der Waals surface area contributed by atoms with Gasteiger partial charge in [0.25, 0.3) is 0 Å². The maximum atomic E-state index is 5.44. The molecule has 0 atom stereocenters. The van der Waals surface area contributed by atoms with E-state index in [1.807, 2.05) is 6.07 Å². The summed E-state index contributed by atoms with van der Waals surface area (Å²) in [7, 11) is 0. The van der Waals surface area contributed by atoms with Crippen LogP contribution in [0.1, 0.15) is 38.0 Å². The van der Waals surface area contributed by atoms with Gasteiger partial charge in [-0.1, -0.05) is 32.1 Å². The SMILES string of the molecule is CCc1occc1-c1nnc(CCCNCC(C)C)s1. The molecule has 4 nitrogen and oxygen atoms in total. The Morgan fingerprint density at radius 1 is 1.35 bits per heavy atom. The first kappa shape index (κ1) is 15.2. The average molecular weight is 293 g/mol. The fourth-order valence-electron chi connectivity index (χ4n) is 2.02. The van der Waals surface area contributed by atoms with E-state index in [4.69, 9.17) is 4.42 Å². The van der Waals surface area contributed by atoms with Gasteiger partial charge in [0.1, 0.15) is 10.8 Å². The van der Waals surface area contributed by atoms with Crippen LogP contribution in [-0.2, 0) is 12.8 Å². The number of hydrogen-bond acceptors (Lipinski definition) is 5. The Hall–Kier alpha value is -1.20. The molecule has 0 saturated heterocycles. The number of hydrogen-bond donors (Lipinski definition) is 1. The molecule has 0 unspecified atom stereocenters. The maximum absolute atomic E-state index is 5.44. The van der Waals surface area contributed by atoms with Crippen molar-refractivity contribution < 1.29 is 4.42 Å². The normalized spacial score (nSPS) is 11.4. The standard InChI is InChI=1S/C15H23N3OS/c1-4-13-12(7-9-19-13)15-18-17-14(20-15)6-5-8-16-10-11(2)3/h7,9,11,16H,4-6,8,10H2,1-3H3. The van der Waals surface area contributed by atoms with E-state index in [2.05, 4.69) is 36.3 Å². The second-order valence-corrected chi connectivity index (χ2v) is 6.38. The Bertz CT molecular complexity index is 519. The average Bonchev–Trinajstić information content (AvgIpc) is 3.05. The van der Waals surface area contributed by atoms with Crippen molar-refractivity contribution in [3.63, 3.8) is 0 Å². The largest absolute Gasteiger partial charge is 0.469 e. The Morgan fingerprint density at radius 2 is 2.20 bits per heavy atom. The van der Waals surface area contributed by atoms with E-state index in [1.54, 1.807) is 17.6 Å². The first-order chi connectivity index (χ1) is 9.70. The van der Waals surface area contributed by atoms with Crippen molar-refractivity contribution in [3.8, 4) is 10.6 Å². The van der Waals surface area contributed by atoms with Gasteiger partial charge >= 0.3 is 0 Å². The van der Waals surface area contributed by atoms with Crippen LogP contribution in [0, 0.1) is 5.92 Å². The molecule has 0 spiro atoms. The van der Waals surface area contributed by atoms with Crippen LogP contribution in [0.3, 0.4) is 0 Å². The molecule has 2 heterocycles. The van der Waals surface area contributed by atoms with Gasteiger partial charge in [0.15, 0.2) is 5.01 Å². The lowest BCUT2D eigenvalue weighted by molar-refractivity contribution is 0.517. The van der Waals surface area contributed by atoms with Crippen LogP contribution in [0.25, 0.3) is 10.6 Å².